The molecule has 1 amide bonds. The minimum atomic E-state index is -0.292. The van der Waals surface area contributed by atoms with Crippen LogP contribution < -0.4 is 10.1 Å². The van der Waals surface area contributed by atoms with Crippen LogP contribution in [0.25, 0.3) is 38.6 Å². The number of aromatic nitrogens is 1. The number of hydrogen-bond acceptors (Lipinski definition) is 3. The van der Waals surface area contributed by atoms with Gasteiger partial charge in [-0.2, -0.15) is 0 Å². The second-order valence-electron chi connectivity index (χ2n) is 8.84. The Morgan fingerprint density at radius 2 is 1.92 bits per heavy atom. The van der Waals surface area contributed by atoms with Gasteiger partial charge in [-0.05, 0) is 61.2 Å². The minimum Gasteiger partial charge on any atom is -0.496 e. The number of rotatable bonds is 7. The number of para-hydroxylation sites is 1. The van der Waals surface area contributed by atoms with Crippen LogP contribution in [0.2, 0.25) is 0 Å². The van der Waals surface area contributed by atoms with Crippen LogP contribution in [0, 0.1) is 12.7 Å². The van der Waals surface area contributed by atoms with E-state index in [2.05, 4.69) is 16.4 Å². The topological polar surface area (TPSA) is 67.3 Å². The average molecular weight is 483 g/mol. The summed E-state index contributed by atoms with van der Waals surface area (Å²) in [4.78, 5) is 16.0. The highest BCUT2D eigenvalue weighted by Gasteiger charge is 2.19. The zero-order chi connectivity index (χ0) is 25.2. The first-order valence-corrected chi connectivity index (χ1v) is 11.8. The first-order valence-electron chi connectivity index (χ1n) is 11.8. The number of halogens is 1. The van der Waals surface area contributed by atoms with Crippen molar-refractivity contribution >= 4 is 33.4 Å². The van der Waals surface area contributed by atoms with Crippen molar-refractivity contribution in [1.29, 1.82) is 0 Å². The van der Waals surface area contributed by atoms with E-state index in [0.717, 1.165) is 45.2 Å². The Kier molecular flexibility index (Phi) is 6.34. The van der Waals surface area contributed by atoms with E-state index in [1.807, 2.05) is 44.3 Å². The smallest absolute Gasteiger partial charge is 0.244 e. The van der Waals surface area contributed by atoms with Crippen molar-refractivity contribution in [1.82, 2.24) is 10.3 Å². The predicted molar refractivity (Wildman–Crippen MR) is 142 cm³/mol. The van der Waals surface area contributed by atoms with Crippen LogP contribution >= 0.6 is 0 Å². The maximum Gasteiger partial charge on any atom is 0.244 e. The molecule has 5 aromatic rings. The standard InChI is InChI=1S/C30H27FN2O3/c1-18(14-28(34)32-13-12-21-16-33-27-7-5-4-6-23(21)27)24-15-25-26(20-8-10-22(31)11-9-20)17-36-30(25)19(2)29(24)35-3/h4-11,14-17,33H,12-13H2,1-3H3,(H,32,34)/b18-14+. The number of furan rings is 1. The van der Waals surface area contributed by atoms with Gasteiger partial charge in [0.05, 0.1) is 13.4 Å². The number of aryl methyl sites for hydroxylation is 1. The minimum absolute atomic E-state index is 0.168. The number of allylic oxidation sites excluding steroid dienone is 1. The summed E-state index contributed by atoms with van der Waals surface area (Å²) in [5.74, 6) is 0.195. The molecule has 5 nitrogen and oxygen atoms in total. The van der Waals surface area contributed by atoms with Gasteiger partial charge < -0.3 is 19.5 Å². The Balaban J connectivity index is 1.39. The van der Waals surface area contributed by atoms with Crippen LogP contribution in [-0.2, 0) is 11.2 Å². The number of benzene rings is 3. The molecule has 0 aliphatic rings. The van der Waals surface area contributed by atoms with E-state index in [1.165, 1.54) is 23.1 Å². The summed E-state index contributed by atoms with van der Waals surface area (Å²) in [6.07, 6.45) is 5.98. The van der Waals surface area contributed by atoms with E-state index in [1.54, 1.807) is 31.6 Å². The molecule has 0 spiro atoms. The van der Waals surface area contributed by atoms with E-state index in [0.29, 0.717) is 17.9 Å². The van der Waals surface area contributed by atoms with Crippen LogP contribution in [0.15, 0.2) is 77.6 Å². The molecule has 0 aliphatic carbocycles. The number of hydrogen-bond donors (Lipinski definition) is 2. The number of nitrogens with one attached hydrogen (secondary N) is 2. The molecule has 2 heterocycles. The highest BCUT2D eigenvalue weighted by Crippen LogP contribution is 2.40. The second kappa shape index (κ2) is 9.74. The highest BCUT2D eigenvalue weighted by atomic mass is 19.1. The first-order chi connectivity index (χ1) is 17.5. The molecule has 0 saturated carbocycles. The number of ether oxygens (including phenoxy) is 1. The van der Waals surface area contributed by atoms with E-state index < -0.39 is 0 Å². The Morgan fingerprint density at radius 1 is 1.14 bits per heavy atom. The fraction of sp³-hybridized carbons (Fsp3) is 0.167. The summed E-state index contributed by atoms with van der Waals surface area (Å²) in [6.45, 7) is 4.34. The monoisotopic (exact) mass is 482 g/mol. The molecule has 0 fully saturated rings. The molecular weight excluding hydrogens is 455 g/mol. The van der Waals surface area contributed by atoms with Crippen molar-refractivity contribution in [3.63, 3.8) is 0 Å². The molecule has 2 N–H and O–H groups in total. The van der Waals surface area contributed by atoms with Gasteiger partial charge in [0.1, 0.15) is 17.1 Å². The van der Waals surface area contributed by atoms with Crippen molar-refractivity contribution in [3.8, 4) is 16.9 Å². The number of aromatic amines is 1. The zero-order valence-corrected chi connectivity index (χ0v) is 20.4. The molecule has 2 aromatic heterocycles. The van der Waals surface area contributed by atoms with Gasteiger partial charge in [-0.1, -0.05) is 30.3 Å². The Hall–Kier alpha value is -4.32. The lowest BCUT2D eigenvalue weighted by Gasteiger charge is -2.13. The van der Waals surface area contributed by atoms with Crippen molar-refractivity contribution < 1.29 is 18.3 Å². The Bertz CT molecular complexity index is 1590. The maximum atomic E-state index is 13.4. The normalized spacial score (nSPS) is 11.8. The Labute approximate surface area is 208 Å². The molecule has 36 heavy (non-hydrogen) atoms. The molecule has 0 saturated heterocycles. The third-order valence-electron chi connectivity index (χ3n) is 6.54. The molecule has 0 radical (unpaired) electrons. The van der Waals surface area contributed by atoms with Gasteiger partial charge in [-0.3, -0.25) is 4.79 Å². The molecule has 0 unspecified atom stereocenters. The molecule has 0 atom stereocenters. The third kappa shape index (κ3) is 4.38. The summed E-state index contributed by atoms with van der Waals surface area (Å²) in [5, 5.41) is 5.04. The number of H-pyrrole nitrogens is 1. The highest BCUT2D eigenvalue weighted by molar-refractivity contribution is 6.01. The SMILES string of the molecule is COc1c(/C(C)=C/C(=O)NCCc2c[nH]c3ccccc23)cc2c(-c3ccc(F)cc3)coc2c1C. The van der Waals surface area contributed by atoms with Gasteiger partial charge in [0.2, 0.25) is 5.91 Å². The van der Waals surface area contributed by atoms with E-state index in [4.69, 9.17) is 9.15 Å². The second-order valence-corrected chi connectivity index (χ2v) is 8.84. The van der Waals surface area contributed by atoms with Crippen LogP contribution in [-0.4, -0.2) is 24.5 Å². The lowest BCUT2D eigenvalue weighted by atomic mass is 9.96. The van der Waals surface area contributed by atoms with Gasteiger partial charge in [-0.15, -0.1) is 0 Å². The maximum absolute atomic E-state index is 13.4. The largest absolute Gasteiger partial charge is 0.496 e. The fourth-order valence-corrected chi connectivity index (χ4v) is 4.71. The first kappa shape index (κ1) is 23.4. The van der Waals surface area contributed by atoms with Crippen LogP contribution in [0.3, 0.4) is 0 Å². The number of carbonyl (C=O) groups excluding carboxylic acids is 1. The third-order valence-corrected chi connectivity index (χ3v) is 6.54. The van der Waals surface area contributed by atoms with Gasteiger partial charge >= 0.3 is 0 Å². The summed E-state index contributed by atoms with van der Waals surface area (Å²) in [5.41, 5.74) is 7.08. The lowest BCUT2D eigenvalue weighted by Crippen LogP contribution is -2.23. The average Bonchev–Trinajstić information content (AvgIpc) is 3.49. The van der Waals surface area contributed by atoms with Crippen LogP contribution in [0.4, 0.5) is 4.39 Å². The van der Waals surface area contributed by atoms with Gasteiger partial charge in [-0.25, -0.2) is 4.39 Å². The van der Waals surface area contributed by atoms with Crippen molar-refractivity contribution in [2.24, 2.45) is 0 Å². The van der Waals surface area contributed by atoms with Gasteiger partial charge in [0.15, 0.2) is 0 Å². The summed E-state index contributed by atoms with van der Waals surface area (Å²) < 4.78 is 25.0. The quantitative estimate of drug-likeness (QED) is 0.251. The van der Waals surface area contributed by atoms with Crippen LogP contribution in [0.5, 0.6) is 5.75 Å². The number of amides is 1. The van der Waals surface area contributed by atoms with Gasteiger partial charge in [0.25, 0.3) is 0 Å². The van der Waals surface area contributed by atoms with Gasteiger partial charge in [0, 0.05) is 51.8 Å². The Morgan fingerprint density at radius 3 is 2.69 bits per heavy atom. The van der Waals surface area contributed by atoms with Crippen molar-refractivity contribution in [3.05, 3.63) is 95.6 Å². The van der Waals surface area contributed by atoms with Crippen LogP contribution in [0.1, 0.15) is 23.6 Å². The summed E-state index contributed by atoms with van der Waals surface area (Å²) in [6, 6.07) is 16.4. The molecular formula is C30H27FN2O3. The molecule has 6 heteroatoms. The summed E-state index contributed by atoms with van der Waals surface area (Å²) in [7, 11) is 1.61. The number of carbonyl (C=O) groups is 1. The summed E-state index contributed by atoms with van der Waals surface area (Å²) >= 11 is 0. The number of methoxy groups -OCH3 is 1. The van der Waals surface area contributed by atoms with E-state index >= 15 is 0 Å². The molecule has 5 rings (SSSR count). The fourth-order valence-electron chi connectivity index (χ4n) is 4.71. The van der Waals surface area contributed by atoms with Crippen molar-refractivity contribution in [2.75, 3.05) is 13.7 Å². The molecule has 3 aromatic carbocycles. The molecule has 0 aliphatic heterocycles. The zero-order valence-electron chi connectivity index (χ0n) is 20.4. The number of fused-ring (bicyclic) bond motifs is 2. The molecule has 0 bridgehead atoms. The lowest BCUT2D eigenvalue weighted by molar-refractivity contribution is -0.116. The van der Waals surface area contributed by atoms with Crippen molar-refractivity contribution in [2.45, 2.75) is 20.3 Å². The molecule has 182 valence electrons. The van der Waals surface area contributed by atoms with E-state index in [-0.39, 0.29) is 11.7 Å². The predicted octanol–water partition coefficient (Wildman–Crippen LogP) is 6.80. The van der Waals surface area contributed by atoms with E-state index in [9.17, 15) is 9.18 Å².